The molecule has 154 valence electrons. The number of benzene rings is 1. The Morgan fingerprint density at radius 2 is 1.86 bits per heavy atom. The number of nitrogens with one attached hydrogen (secondary N) is 1. The monoisotopic (exact) mass is 400 g/mol. The molecule has 0 atom stereocenters. The van der Waals surface area contributed by atoms with E-state index in [4.69, 9.17) is 9.47 Å². The fourth-order valence-corrected chi connectivity index (χ4v) is 3.09. The molecule has 9 heteroatoms. The topological polar surface area (TPSA) is 103 Å². The predicted octanol–water partition coefficient (Wildman–Crippen LogP) is 1.28. The molecule has 1 aliphatic rings. The van der Waals surface area contributed by atoms with E-state index >= 15 is 0 Å². The van der Waals surface area contributed by atoms with Crippen LogP contribution in [0.4, 0.5) is 4.79 Å². The van der Waals surface area contributed by atoms with Gasteiger partial charge < -0.3 is 19.7 Å². The minimum absolute atomic E-state index is 0.0630. The van der Waals surface area contributed by atoms with Gasteiger partial charge in [0.2, 0.25) is 0 Å². The normalized spacial score (nSPS) is 14.3. The molecule has 0 aliphatic carbocycles. The first kappa shape index (κ1) is 20.4. The van der Waals surface area contributed by atoms with E-state index in [1.54, 1.807) is 4.90 Å². The minimum atomic E-state index is -0.360. The maximum absolute atomic E-state index is 12.5. The summed E-state index contributed by atoms with van der Waals surface area (Å²) in [5.74, 6) is 0.354. The molecule has 29 heavy (non-hydrogen) atoms. The molecule has 0 saturated carbocycles. The number of piperidine rings is 1. The van der Waals surface area contributed by atoms with Gasteiger partial charge in [-0.15, -0.1) is 0 Å². The van der Waals surface area contributed by atoms with Crippen LogP contribution < -0.4 is 15.6 Å². The number of aromatic nitrogens is 2. The molecule has 0 radical (unpaired) electrons. The van der Waals surface area contributed by atoms with Crippen LogP contribution in [0.3, 0.4) is 0 Å². The van der Waals surface area contributed by atoms with Crippen LogP contribution in [0.2, 0.25) is 0 Å². The quantitative estimate of drug-likeness (QED) is 0.784. The molecule has 1 N–H and O–H groups in total. The van der Waals surface area contributed by atoms with Gasteiger partial charge in [0.1, 0.15) is 18.1 Å². The Labute approximate surface area is 168 Å². The van der Waals surface area contributed by atoms with Gasteiger partial charge in [-0.3, -0.25) is 9.59 Å². The van der Waals surface area contributed by atoms with E-state index in [-0.39, 0.29) is 42.4 Å². The van der Waals surface area contributed by atoms with Crippen LogP contribution in [0.5, 0.6) is 5.75 Å². The first-order valence-electron chi connectivity index (χ1n) is 9.46. The first-order chi connectivity index (χ1) is 14.1. The van der Waals surface area contributed by atoms with Gasteiger partial charge in [0, 0.05) is 25.2 Å². The van der Waals surface area contributed by atoms with Gasteiger partial charge in [-0.2, -0.15) is 5.10 Å². The molecule has 9 nitrogen and oxygen atoms in total. The van der Waals surface area contributed by atoms with E-state index in [2.05, 4.69) is 10.4 Å². The van der Waals surface area contributed by atoms with Gasteiger partial charge in [-0.05, 0) is 31.0 Å². The van der Waals surface area contributed by atoms with Crippen molar-refractivity contribution in [2.75, 3.05) is 26.8 Å². The number of rotatable bonds is 6. The molecule has 0 spiro atoms. The lowest BCUT2D eigenvalue weighted by atomic mass is 10.1. The molecule has 1 aliphatic heterocycles. The predicted molar refractivity (Wildman–Crippen MR) is 105 cm³/mol. The van der Waals surface area contributed by atoms with Crippen molar-refractivity contribution < 1.29 is 19.1 Å². The van der Waals surface area contributed by atoms with Crippen molar-refractivity contribution in [3.8, 4) is 5.75 Å². The number of amides is 2. The van der Waals surface area contributed by atoms with E-state index in [1.165, 1.54) is 23.9 Å². The third-order valence-electron chi connectivity index (χ3n) is 4.68. The molecule has 3 rings (SSSR count). The Bertz CT molecular complexity index is 891. The molecular formula is C20H24N4O5. The van der Waals surface area contributed by atoms with Crippen molar-refractivity contribution in [1.82, 2.24) is 20.0 Å². The van der Waals surface area contributed by atoms with Crippen LogP contribution in [-0.4, -0.2) is 59.5 Å². The molecule has 1 aromatic heterocycles. The summed E-state index contributed by atoms with van der Waals surface area (Å²) in [6.45, 7) is 1.52. The Hall–Kier alpha value is -3.36. The average molecular weight is 400 g/mol. The highest BCUT2D eigenvalue weighted by Crippen LogP contribution is 2.12. The number of para-hydroxylation sites is 1. The third-order valence-corrected chi connectivity index (χ3v) is 4.68. The third kappa shape index (κ3) is 5.56. The molecule has 2 aromatic rings. The van der Waals surface area contributed by atoms with Crippen molar-refractivity contribution >= 4 is 12.0 Å². The molecule has 2 heterocycles. The van der Waals surface area contributed by atoms with Crippen molar-refractivity contribution in [1.29, 1.82) is 0 Å². The number of carbonyl (C=O) groups is 2. The van der Waals surface area contributed by atoms with Crippen LogP contribution in [0.15, 0.2) is 47.3 Å². The zero-order valence-corrected chi connectivity index (χ0v) is 16.2. The molecule has 0 unspecified atom stereocenters. The zero-order valence-electron chi connectivity index (χ0n) is 16.2. The second-order valence-corrected chi connectivity index (χ2v) is 6.65. The summed E-state index contributed by atoms with van der Waals surface area (Å²) in [4.78, 5) is 37.7. The summed E-state index contributed by atoms with van der Waals surface area (Å²) in [7, 11) is 1.35. The maximum atomic E-state index is 12.5. The van der Waals surface area contributed by atoms with Gasteiger partial charge in [-0.1, -0.05) is 18.2 Å². The summed E-state index contributed by atoms with van der Waals surface area (Å²) >= 11 is 0. The number of nitrogens with zero attached hydrogens (tertiary/aromatic N) is 3. The SMILES string of the molecule is COC(=O)N1CCC(NC(=O)c2ccc(=O)n(CCOc3ccccc3)n2)CC1. The highest BCUT2D eigenvalue weighted by Gasteiger charge is 2.25. The van der Waals surface area contributed by atoms with Gasteiger partial charge in [0.15, 0.2) is 0 Å². The minimum Gasteiger partial charge on any atom is -0.492 e. The van der Waals surface area contributed by atoms with Crippen molar-refractivity contribution in [2.24, 2.45) is 0 Å². The molecule has 0 bridgehead atoms. The van der Waals surface area contributed by atoms with E-state index in [9.17, 15) is 14.4 Å². The number of hydrogen-bond donors (Lipinski definition) is 1. The second kappa shape index (κ2) is 9.72. The number of likely N-dealkylation sites (tertiary alicyclic amines) is 1. The van der Waals surface area contributed by atoms with Crippen LogP contribution >= 0.6 is 0 Å². The van der Waals surface area contributed by atoms with Crippen LogP contribution in [-0.2, 0) is 11.3 Å². The summed E-state index contributed by atoms with van der Waals surface area (Å²) in [5.41, 5.74) is -0.135. The Balaban J connectivity index is 1.54. The van der Waals surface area contributed by atoms with Gasteiger partial charge in [0.25, 0.3) is 11.5 Å². The smallest absolute Gasteiger partial charge is 0.409 e. The largest absolute Gasteiger partial charge is 0.492 e. The van der Waals surface area contributed by atoms with E-state index < -0.39 is 0 Å². The maximum Gasteiger partial charge on any atom is 0.409 e. The molecule has 1 aromatic carbocycles. The number of carbonyl (C=O) groups excluding carboxylic acids is 2. The standard InChI is InChI=1S/C20H24N4O5/c1-28-20(27)23-11-9-15(10-12-23)21-19(26)17-7-8-18(25)24(22-17)13-14-29-16-5-3-2-4-6-16/h2-8,15H,9-14H2,1H3,(H,21,26). The summed E-state index contributed by atoms with van der Waals surface area (Å²) in [6, 6.07) is 11.9. The number of ether oxygens (including phenoxy) is 2. The summed E-state index contributed by atoms with van der Waals surface area (Å²) in [6.07, 6.45) is 0.901. The summed E-state index contributed by atoms with van der Waals surface area (Å²) < 4.78 is 11.5. The fourth-order valence-electron chi connectivity index (χ4n) is 3.09. The van der Waals surface area contributed by atoms with Gasteiger partial charge in [-0.25, -0.2) is 9.48 Å². The number of methoxy groups -OCH3 is 1. The van der Waals surface area contributed by atoms with E-state index in [0.29, 0.717) is 31.7 Å². The van der Waals surface area contributed by atoms with Crippen molar-refractivity contribution in [3.05, 3.63) is 58.5 Å². The van der Waals surface area contributed by atoms with E-state index in [1.807, 2.05) is 30.3 Å². The lowest BCUT2D eigenvalue weighted by molar-refractivity contribution is 0.0885. The highest BCUT2D eigenvalue weighted by molar-refractivity contribution is 5.92. The first-order valence-corrected chi connectivity index (χ1v) is 9.46. The van der Waals surface area contributed by atoms with Crippen LogP contribution in [0.1, 0.15) is 23.3 Å². The molecule has 2 amide bonds. The fraction of sp³-hybridized carbons (Fsp3) is 0.400. The van der Waals surface area contributed by atoms with Crippen LogP contribution in [0.25, 0.3) is 0 Å². The molecule has 1 fully saturated rings. The van der Waals surface area contributed by atoms with Gasteiger partial charge >= 0.3 is 6.09 Å². The number of hydrogen-bond acceptors (Lipinski definition) is 6. The Morgan fingerprint density at radius 3 is 2.55 bits per heavy atom. The van der Waals surface area contributed by atoms with Crippen LogP contribution in [0, 0.1) is 0 Å². The Morgan fingerprint density at radius 1 is 1.14 bits per heavy atom. The lowest BCUT2D eigenvalue weighted by Crippen LogP contribution is -2.46. The highest BCUT2D eigenvalue weighted by atomic mass is 16.5. The Kier molecular flexibility index (Phi) is 6.83. The summed E-state index contributed by atoms with van der Waals surface area (Å²) in [5, 5.41) is 7.07. The lowest BCUT2D eigenvalue weighted by Gasteiger charge is -2.31. The molecule has 1 saturated heterocycles. The second-order valence-electron chi connectivity index (χ2n) is 6.65. The van der Waals surface area contributed by atoms with Crippen molar-refractivity contribution in [2.45, 2.75) is 25.4 Å². The van der Waals surface area contributed by atoms with E-state index in [0.717, 1.165) is 0 Å². The molecular weight excluding hydrogens is 376 g/mol. The average Bonchev–Trinajstić information content (AvgIpc) is 2.75. The van der Waals surface area contributed by atoms with Gasteiger partial charge in [0.05, 0.1) is 13.7 Å². The zero-order chi connectivity index (χ0) is 20.6. The van der Waals surface area contributed by atoms with Crippen molar-refractivity contribution in [3.63, 3.8) is 0 Å².